The number of hydrogen-bond acceptors (Lipinski definition) is 2. The number of nitrogens with one attached hydrogen (secondary N) is 1. The van der Waals surface area contributed by atoms with Crippen molar-refractivity contribution in [2.24, 2.45) is 0 Å². The van der Waals surface area contributed by atoms with Crippen molar-refractivity contribution in [1.82, 2.24) is 5.32 Å². The lowest BCUT2D eigenvalue weighted by Gasteiger charge is -2.20. The van der Waals surface area contributed by atoms with Crippen LogP contribution in [-0.2, 0) is 6.42 Å². The van der Waals surface area contributed by atoms with Crippen LogP contribution in [0, 0.1) is 0 Å². The van der Waals surface area contributed by atoms with E-state index in [0.717, 1.165) is 23.2 Å². The molecule has 0 fully saturated rings. The predicted molar refractivity (Wildman–Crippen MR) is 87.3 cm³/mol. The van der Waals surface area contributed by atoms with E-state index >= 15 is 0 Å². The van der Waals surface area contributed by atoms with Crippen LogP contribution in [0.3, 0.4) is 0 Å². The van der Waals surface area contributed by atoms with Crippen molar-refractivity contribution in [1.29, 1.82) is 0 Å². The molecule has 0 spiro atoms. The van der Waals surface area contributed by atoms with Gasteiger partial charge in [0.1, 0.15) is 5.75 Å². The van der Waals surface area contributed by atoms with Crippen molar-refractivity contribution in [2.45, 2.75) is 19.4 Å². The molecule has 0 heterocycles. The molecule has 106 valence electrons. The van der Waals surface area contributed by atoms with E-state index in [2.05, 4.69) is 58.5 Å². The lowest BCUT2D eigenvalue weighted by atomic mass is 9.98. The molecule has 1 N–H and O–H groups in total. The van der Waals surface area contributed by atoms with Crippen LogP contribution in [0.15, 0.2) is 53.0 Å². The summed E-state index contributed by atoms with van der Waals surface area (Å²) >= 11 is 3.64. The van der Waals surface area contributed by atoms with Crippen LogP contribution in [0.1, 0.15) is 24.1 Å². The Balaban J connectivity index is 2.23. The van der Waals surface area contributed by atoms with Crippen LogP contribution in [0.4, 0.5) is 0 Å². The lowest BCUT2D eigenvalue weighted by molar-refractivity contribution is 0.414. The van der Waals surface area contributed by atoms with E-state index in [1.807, 2.05) is 18.2 Å². The largest absolute Gasteiger partial charge is 0.497 e. The summed E-state index contributed by atoms with van der Waals surface area (Å²) in [5, 5.41) is 3.55. The molecule has 0 saturated carbocycles. The second-order valence-corrected chi connectivity index (χ2v) is 5.54. The first kappa shape index (κ1) is 15.1. The zero-order valence-electron chi connectivity index (χ0n) is 11.9. The highest BCUT2D eigenvalue weighted by Crippen LogP contribution is 2.27. The summed E-state index contributed by atoms with van der Waals surface area (Å²) in [6.45, 7) is 3.07. The van der Waals surface area contributed by atoms with Crippen molar-refractivity contribution >= 4 is 15.9 Å². The molecule has 0 amide bonds. The summed E-state index contributed by atoms with van der Waals surface area (Å²) in [5.41, 5.74) is 2.56. The normalized spacial score (nSPS) is 12.2. The highest BCUT2D eigenvalue weighted by molar-refractivity contribution is 9.10. The van der Waals surface area contributed by atoms with E-state index < -0.39 is 0 Å². The summed E-state index contributed by atoms with van der Waals surface area (Å²) in [6.07, 6.45) is 0.938. The molecule has 1 unspecified atom stereocenters. The summed E-state index contributed by atoms with van der Waals surface area (Å²) in [6, 6.07) is 16.9. The molecule has 0 bridgehead atoms. The van der Waals surface area contributed by atoms with Crippen molar-refractivity contribution in [3.63, 3.8) is 0 Å². The molecule has 2 aromatic rings. The minimum Gasteiger partial charge on any atom is -0.497 e. The maximum Gasteiger partial charge on any atom is 0.119 e. The fourth-order valence-corrected chi connectivity index (χ4v) is 2.89. The Morgan fingerprint density at radius 3 is 2.65 bits per heavy atom. The van der Waals surface area contributed by atoms with Gasteiger partial charge in [-0.2, -0.15) is 0 Å². The first-order valence-corrected chi connectivity index (χ1v) is 7.64. The standard InChI is InChI=1S/C17H20BrNO/c1-3-19-17(15-9-4-5-10-16(15)18)12-13-7-6-8-14(11-13)20-2/h4-11,17,19H,3,12H2,1-2H3. The molecule has 0 radical (unpaired) electrons. The number of halogens is 1. The minimum absolute atomic E-state index is 0.294. The Hall–Kier alpha value is -1.32. The molecule has 2 nitrogen and oxygen atoms in total. The van der Waals surface area contributed by atoms with Crippen molar-refractivity contribution in [3.8, 4) is 5.75 Å². The van der Waals surface area contributed by atoms with Crippen molar-refractivity contribution in [2.75, 3.05) is 13.7 Å². The van der Waals surface area contributed by atoms with Gasteiger partial charge < -0.3 is 10.1 Å². The molecular weight excluding hydrogens is 314 g/mol. The van der Waals surface area contributed by atoms with Gasteiger partial charge in [-0.1, -0.05) is 53.2 Å². The monoisotopic (exact) mass is 333 g/mol. The Labute approximate surface area is 129 Å². The van der Waals surface area contributed by atoms with E-state index in [-0.39, 0.29) is 0 Å². The highest BCUT2D eigenvalue weighted by Gasteiger charge is 2.14. The first-order valence-electron chi connectivity index (χ1n) is 6.85. The van der Waals surface area contributed by atoms with Crippen LogP contribution in [0.5, 0.6) is 5.75 Å². The van der Waals surface area contributed by atoms with Crippen LogP contribution in [0.2, 0.25) is 0 Å². The third-order valence-electron chi connectivity index (χ3n) is 3.31. The molecule has 0 aliphatic heterocycles. The smallest absolute Gasteiger partial charge is 0.119 e. The van der Waals surface area contributed by atoms with Gasteiger partial charge in [0.15, 0.2) is 0 Å². The Bertz CT molecular complexity index is 556. The number of benzene rings is 2. The highest BCUT2D eigenvalue weighted by atomic mass is 79.9. The summed E-state index contributed by atoms with van der Waals surface area (Å²) in [7, 11) is 1.70. The summed E-state index contributed by atoms with van der Waals surface area (Å²) < 4.78 is 6.44. The SMILES string of the molecule is CCNC(Cc1cccc(OC)c1)c1ccccc1Br. The van der Waals surface area contributed by atoms with Crippen LogP contribution >= 0.6 is 15.9 Å². The van der Waals surface area contributed by atoms with Crippen LogP contribution in [0.25, 0.3) is 0 Å². The van der Waals surface area contributed by atoms with Gasteiger partial charge in [-0.15, -0.1) is 0 Å². The average molecular weight is 334 g/mol. The van der Waals surface area contributed by atoms with Gasteiger partial charge in [0.05, 0.1) is 7.11 Å². The Morgan fingerprint density at radius 2 is 1.95 bits per heavy atom. The lowest BCUT2D eigenvalue weighted by Crippen LogP contribution is -2.23. The molecule has 0 aliphatic rings. The van der Waals surface area contributed by atoms with Gasteiger partial charge in [-0.25, -0.2) is 0 Å². The Kier molecular flexibility index (Phi) is 5.62. The third-order valence-corrected chi connectivity index (χ3v) is 4.03. The van der Waals surface area contributed by atoms with Gasteiger partial charge in [-0.3, -0.25) is 0 Å². The predicted octanol–water partition coefficient (Wildman–Crippen LogP) is 4.35. The zero-order chi connectivity index (χ0) is 14.4. The second kappa shape index (κ2) is 7.46. The topological polar surface area (TPSA) is 21.3 Å². The van der Waals surface area contributed by atoms with Crippen LogP contribution in [-0.4, -0.2) is 13.7 Å². The second-order valence-electron chi connectivity index (χ2n) is 4.69. The molecule has 0 saturated heterocycles. The maximum atomic E-state index is 5.30. The number of ether oxygens (including phenoxy) is 1. The third kappa shape index (κ3) is 3.84. The zero-order valence-corrected chi connectivity index (χ0v) is 13.5. The summed E-state index contributed by atoms with van der Waals surface area (Å²) in [5.74, 6) is 0.907. The van der Waals surface area contributed by atoms with E-state index in [0.29, 0.717) is 6.04 Å². The molecular formula is C17H20BrNO. The molecule has 20 heavy (non-hydrogen) atoms. The molecule has 3 heteroatoms. The quantitative estimate of drug-likeness (QED) is 0.848. The summed E-state index contributed by atoms with van der Waals surface area (Å²) in [4.78, 5) is 0. The molecule has 2 rings (SSSR count). The number of rotatable bonds is 6. The van der Waals surface area contributed by atoms with E-state index in [1.54, 1.807) is 7.11 Å². The first-order chi connectivity index (χ1) is 9.74. The van der Waals surface area contributed by atoms with E-state index in [4.69, 9.17) is 4.74 Å². The van der Waals surface area contributed by atoms with E-state index in [9.17, 15) is 0 Å². The fourth-order valence-electron chi connectivity index (χ4n) is 2.33. The average Bonchev–Trinajstić information content (AvgIpc) is 2.47. The molecule has 2 aromatic carbocycles. The number of methoxy groups -OCH3 is 1. The molecule has 0 aliphatic carbocycles. The van der Waals surface area contributed by atoms with Crippen molar-refractivity contribution < 1.29 is 4.74 Å². The van der Waals surface area contributed by atoms with Gasteiger partial charge >= 0.3 is 0 Å². The van der Waals surface area contributed by atoms with E-state index in [1.165, 1.54) is 11.1 Å². The van der Waals surface area contributed by atoms with Gasteiger partial charge in [0, 0.05) is 10.5 Å². The van der Waals surface area contributed by atoms with Gasteiger partial charge in [-0.05, 0) is 42.3 Å². The minimum atomic E-state index is 0.294. The fraction of sp³-hybridized carbons (Fsp3) is 0.294. The van der Waals surface area contributed by atoms with Crippen molar-refractivity contribution in [3.05, 3.63) is 64.1 Å². The number of likely N-dealkylation sites (N-methyl/N-ethyl adjacent to an activating group) is 1. The molecule has 1 atom stereocenters. The maximum absolute atomic E-state index is 5.30. The van der Waals surface area contributed by atoms with Gasteiger partial charge in [0.25, 0.3) is 0 Å². The Morgan fingerprint density at radius 1 is 1.15 bits per heavy atom. The number of hydrogen-bond donors (Lipinski definition) is 1. The molecule has 0 aromatic heterocycles. The van der Waals surface area contributed by atoms with Crippen LogP contribution < -0.4 is 10.1 Å². The van der Waals surface area contributed by atoms with Gasteiger partial charge in [0.2, 0.25) is 0 Å².